The fourth-order valence-electron chi connectivity index (χ4n) is 4.51. The number of likely N-dealkylation sites (tertiary alicyclic amines) is 1. The third-order valence-corrected chi connectivity index (χ3v) is 6.17. The summed E-state index contributed by atoms with van der Waals surface area (Å²) in [5, 5.41) is 10.9. The molecule has 1 fully saturated rings. The van der Waals surface area contributed by atoms with Gasteiger partial charge in [-0.25, -0.2) is 4.39 Å². The molecule has 0 spiro atoms. The van der Waals surface area contributed by atoms with Crippen molar-refractivity contribution >= 4 is 11.6 Å². The van der Waals surface area contributed by atoms with E-state index < -0.39 is 4.92 Å². The van der Waals surface area contributed by atoms with Gasteiger partial charge in [-0.3, -0.25) is 19.8 Å². The van der Waals surface area contributed by atoms with Crippen LogP contribution in [-0.2, 0) is 16.1 Å². The number of halogens is 1. The average Bonchev–Trinajstić information content (AvgIpc) is 3.18. The number of carbonyl (C=O) groups excluding carboxylic acids is 1. The molecule has 7 nitrogen and oxygen atoms in total. The molecule has 0 unspecified atom stereocenters. The number of methoxy groups -OCH3 is 1. The van der Waals surface area contributed by atoms with Crippen LogP contribution in [0.3, 0.4) is 0 Å². The van der Waals surface area contributed by atoms with Crippen LogP contribution in [0.5, 0.6) is 0 Å². The van der Waals surface area contributed by atoms with Gasteiger partial charge in [0, 0.05) is 63.8 Å². The molecule has 1 amide bonds. The number of amides is 1. The molecule has 0 bridgehead atoms. The van der Waals surface area contributed by atoms with Crippen molar-refractivity contribution in [2.75, 3.05) is 39.9 Å². The highest BCUT2D eigenvalue weighted by Crippen LogP contribution is 2.35. The highest BCUT2D eigenvalue weighted by atomic mass is 19.1. The molecule has 1 heterocycles. The SMILES string of the molecule is COCCN(C[C@@H]1CN(Cc2ccc([N+](=O)[O-])cc2)C[C@H]1c1cccc(F)c1)C(=O)C(C)C. The van der Waals surface area contributed by atoms with E-state index in [1.54, 1.807) is 31.4 Å². The number of nitro groups is 1. The molecular weight excluding hydrogens is 425 g/mol. The standard InChI is InChI=1S/C25H32FN3O4/c1-18(2)25(30)28(11-12-33-3)16-21-15-27(14-19-7-9-23(10-8-19)29(31)32)17-24(21)20-5-4-6-22(26)13-20/h4-10,13,18,21,24H,11-12,14-17H2,1-3H3/t21-,24-/m0/s1. The summed E-state index contributed by atoms with van der Waals surface area (Å²) in [7, 11) is 1.62. The molecule has 2 aromatic carbocycles. The smallest absolute Gasteiger partial charge is 0.269 e. The Morgan fingerprint density at radius 3 is 2.58 bits per heavy atom. The quantitative estimate of drug-likeness (QED) is 0.397. The fraction of sp³-hybridized carbons (Fsp3) is 0.480. The van der Waals surface area contributed by atoms with E-state index in [2.05, 4.69) is 4.90 Å². The second-order valence-electron chi connectivity index (χ2n) is 8.97. The number of hydrogen-bond acceptors (Lipinski definition) is 5. The summed E-state index contributed by atoms with van der Waals surface area (Å²) in [6, 6.07) is 13.3. The van der Waals surface area contributed by atoms with Gasteiger partial charge < -0.3 is 9.64 Å². The summed E-state index contributed by atoms with van der Waals surface area (Å²) in [6.45, 7) is 7.43. The Hall–Kier alpha value is -2.84. The highest BCUT2D eigenvalue weighted by molar-refractivity contribution is 5.78. The lowest BCUT2D eigenvalue weighted by Crippen LogP contribution is -2.41. The summed E-state index contributed by atoms with van der Waals surface area (Å²) < 4.78 is 19.2. The predicted molar refractivity (Wildman–Crippen MR) is 124 cm³/mol. The van der Waals surface area contributed by atoms with Crippen LogP contribution in [0.15, 0.2) is 48.5 Å². The number of benzene rings is 2. The Morgan fingerprint density at radius 1 is 1.24 bits per heavy atom. The van der Waals surface area contributed by atoms with Crippen molar-refractivity contribution in [1.82, 2.24) is 9.80 Å². The van der Waals surface area contributed by atoms with Gasteiger partial charge in [-0.05, 0) is 29.2 Å². The van der Waals surface area contributed by atoms with E-state index in [0.29, 0.717) is 26.2 Å². The lowest BCUT2D eigenvalue weighted by Gasteiger charge is -2.29. The van der Waals surface area contributed by atoms with Crippen molar-refractivity contribution in [2.24, 2.45) is 11.8 Å². The first-order chi connectivity index (χ1) is 15.8. The molecule has 2 atom stereocenters. The van der Waals surface area contributed by atoms with Gasteiger partial charge >= 0.3 is 0 Å². The predicted octanol–water partition coefficient (Wildman–Crippen LogP) is 4.08. The zero-order chi connectivity index (χ0) is 24.0. The number of hydrogen-bond donors (Lipinski definition) is 0. The zero-order valence-corrected chi connectivity index (χ0v) is 19.4. The number of carbonyl (C=O) groups is 1. The monoisotopic (exact) mass is 457 g/mol. The van der Waals surface area contributed by atoms with Crippen LogP contribution < -0.4 is 0 Å². The zero-order valence-electron chi connectivity index (χ0n) is 19.4. The molecule has 1 aliphatic rings. The van der Waals surface area contributed by atoms with Crippen LogP contribution in [0, 0.1) is 27.8 Å². The minimum absolute atomic E-state index is 0.0664. The molecule has 178 valence electrons. The summed E-state index contributed by atoms with van der Waals surface area (Å²) in [6.07, 6.45) is 0. The number of rotatable bonds is 10. The highest BCUT2D eigenvalue weighted by Gasteiger charge is 2.36. The van der Waals surface area contributed by atoms with Gasteiger partial charge in [0.1, 0.15) is 5.82 Å². The minimum atomic E-state index is -0.407. The van der Waals surface area contributed by atoms with Crippen LogP contribution in [0.2, 0.25) is 0 Å². The molecule has 0 radical (unpaired) electrons. The van der Waals surface area contributed by atoms with E-state index >= 15 is 0 Å². The van der Waals surface area contributed by atoms with E-state index in [1.165, 1.54) is 18.2 Å². The second kappa shape index (κ2) is 11.3. The molecule has 33 heavy (non-hydrogen) atoms. The van der Waals surface area contributed by atoms with Gasteiger partial charge in [0.2, 0.25) is 5.91 Å². The Labute approximate surface area is 194 Å². The summed E-state index contributed by atoms with van der Waals surface area (Å²) in [5.41, 5.74) is 1.97. The lowest BCUT2D eigenvalue weighted by atomic mass is 9.88. The van der Waals surface area contributed by atoms with Crippen LogP contribution in [0.4, 0.5) is 10.1 Å². The number of nitrogens with zero attached hydrogens (tertiary/aromatic N) is 3. The van der Waals surface area contributed by atoms with E-state index in [-0.39, 0.29) is 35.2 Å². The van der Waals surface area contributed by atoms with Gasteiger partial charge in [0.25, 0.3) is 5.69 Å². The van der Waals surface area contributed by atoms with E-state index in [9.17, 15) is 19.3 Å². The van der Waals surface area contributed by atoms with Gasteiger partial charge in [-0.1, -0.05) is 38.1 Å². The van der Waals surface area contributed by atoms with Crippen molar-refractivity contribution in [1.29, 1.82) is 0 Å². The summed E-state index contributed by atoms with van der Waals surface area (Å²) >= 11 is 0. The molecule has 2 aromatic rings. The molecule has 0 aliphatic carbocycles. The topological polar surface area (TPSA) is 75.9 Å². The Morgan fingerprint density at radius 2 is 1.97 bits per heavy atom. The average molecular weight is 458 g/mol. The molecule has 1 aliphatic heterocycles. The van der Waals surface area contributed by atoms with Crippen LogP contribution >= 0.6 is 0 Å². The Kier molecular flexibility index (Phi) is 8.52. The molecule has 0 N–H and O–H groups in total. The third-order valence-electron chi connectivity index (χ3n) is 6.17. The molecular formula is C25H32FN3O4. The first kappa shape index (κ1) is 24.8. The molecule has 3 rings (SSSR count). The maximum atomic E-state index is 14.0. The Balaban J connectivity index is 1.80. The molecule has 1 saturated heterocycles. The van der Waals surface area contributed by atoms with E-state index in [4.69, 9.17) is 4.74 Å². The normalized spacial score (nSPS) is 18.6. The number of ether oxygens (including phenoxy) is 1. The van der Waals surface area contributed by atoms with Crippen molar-refractivity contribution in [2.45, 2.75) is 26.3 Å². The van der Waals surface area contributed by atoms with Gasteiger partial charge in [-0.15, -0.1) is 0 Å². The lowest BCUT2D eigenvalue weighted by molar-refractivity contribution is -0.384. The first-order valence-electron chi connectivity index (χ1n) is 11.3. The van der Waals surface area contributed by atoms with E-state index in [1.807, 2.05) is 24.8 Å². The third kappa shape index (κ3) is 6.58. The van der Waals surface area contributed by atoms with Crippen molar-refractivity contribution in [3.8, 4) is 0 Å². The van der Waals surface area contributed by atoms with Crippen LogP contribution in [-0.4, -0.2) is 60.5 Å². The van der Waals surface area contributed by atoms with Crippen molar-refractivity contribution in [3.63, 3.8) is 0 Å². The fourth-order valence-corrected chi connectivity index (χ4v) is 4.51. The molecule has 0 saturated carbocycles. The summed E-state index contributed by atoms with van der Waals surface area (Å²) in [4.78, 5) is 27.5. The Bertz CT molecular complexity index is 951. The maximum absolute atomic E-state index is 14.0. The number of nitro benzene ring substituents is 1. The number of non-ortho nitro benzene ring substituents is 1. The van der Waals surface area contributed by atoms with Crippen molar-refractivity contribution < 1.29 is 18.8 Å². The molecule has 8 heteroatoms. The first-order valence-corrected chi connectivity index (χ1v) is 11.3. The minimum Gasteiger partial charge on any atom is -0.383 e. The second-order valence-corrected chi connectivity index (χ2v) is 8.97. The largest absolute Gasteiger partial charge is 0.383 e. The van der Waals surface area contributed by atoms with Gasteiger partial charge in [0.05, 0.1) is 11.5 Å². The van der Waals surface area contributed by atoms with E-state index in [0.717, 1.165) is 24.2 Å². The van der Waals surface area contributed by atoms with Gasteiger partial charge in [-0.2, -0.15) is 0 Å². The van der Waals surface area contributed by atoms with Crippen LogP contribution in [0.25, 0.3) is 0 Å². The molecule has 0 aromatic heterocycles. The summed E-state index contributed by atoms with van der Waals surface area (Å²) in [5.74, 6) is -0.103. The maximum Gasteiger partial charge on any atom is 0.269 e. The van der Waals surface area contributed by atoms with Crippen molar-refractivity contribution in [3.05, 3.63) is 75.6 Å². The van der Waals surface area contributed by atoms with Gasteiger partial charge in [0.15, 0.2) is 0 Å². The van der Waals surface area contributed by atoms with Crippen LogP contribution in [0.1, 0.15) is 30.9 Å².